The average molecular weight is 391 g/mol. The molecule has 0 radical (unpaired) electrons. The van der Waals surface area contributed by atoms with Crippen molar-refractivity contribution in [1.82, 2.24) is 5.32 Å². The Morgan fingerprint density at radius 3 is 2.38 bits per heavy atom. The summed E-state index contributed by atoms with van der Waals surface area (Å²) in [6.45, 7) is 5.60. The van der Waals surface area contributed by atoms with Crippen LogP contribution in [0.5, 0.6) is 0 Å². The molecule has 0 unspecified atom stereocenters. The second kappa shape index (κ2) is 9.05. The first kappa shape index (κ1) is 20.8. The molecule has 0 aliphatic heterocycles. The molecule has 0 heterocycles. The highest BCUT2D eigenvalue weighted by atomic mass is 19.1. The van der Waals surface area contributed by atoms with Gasteiger partial charge in [-0.1, -0.05) is 43.9 Å². The van der Waals surface area contributed by atoms with Gasteiger partial charge in [-0.15, -0.1) is 0 Å². The maximum absolute atomic E-state index is 14.3. The van der Waals surface area contributed by atoms with Gasteiger partial charge in [0.05, 0.1) is 11.6 Å². The quantitative estimate of drug-likeness (QED) is 0.729. The number of ketones is 1. The molecule has 3 nitrogen and oxygen atoms in total. The molecule has 150 valence electrons. The smallest absolute Gasteiger partial charge is 0.251 e. The SMILES string of the molecule is CC(=O)[C@@H](Cc1ccc(C#CC2CC2)c(F)c1)NC(=O)c1ccc(C(C)C)cc1. The molecule has 2 aromatic carbocycles. The molecule has 2 aromatic rings. The number of hydrogen-bond acceptors (Lipinski definition) is 2. The van der Waals surface area contributed by atoms with Crippen molar-refractivity contribution in [3.05, 3.63) is 70.5 Å². The molecule has 1 aliphatic rings. The van der Waals surface area contributed by atoms with Crippen LogP contribution in [0.3, 0.4) is 0 Å². The van der Waals surface area contributed by atoms with E-state index in [0.717, 1.165) is 18.4 Å². The standard InChI is InChI=1S/C25H26FNO2/c1-16(2)20-10-12-22(13-11-20)25(29)27-24(17(3)28)15-19-7-9-21(23(26)14-19)8-6-18-4-5-18/h7,9-14,16,18,24H,4-5,15H2,1-3H3,(H,27,29)/t24-/m1/s1. The first-order chi connectivity index (χ1) is 13.8. The number of Topliss-reactive ketones (excluding diaryl/α,β-unsaturated/α-hetero) is 1. The maximum Gasteiger partial charge on any atom is 0.251 e. The summed E-state index contributed by atoms with van der Waals surface area (Å²) in [4.78, 5) is 24.6. The summed E-state index contributed by atoms with van der Waals surface area (Å²) in [6, 6.07) is 11.4. The largest absolute Gasteiger partial charge is 0.342 e. The van der Waals surface area contributed by atoms with E-state index >= 15 is 0 Å². The summed E-state index contributed by atoms with van der Waals surface area (Å²) in [7, 11) is 0. The van der Waals surface area contributed by atoms with Gasteiger partial charge in [0.1, 0.15) is 5.82 Å². The van der Waals surface area contributed by atoms with E-state index in [0.29, 0.717) is 28.5 Å². The predicted octanol–water partition coefficient (Wildman–Crippen LogP) is 4.64. The van der Waals surface area contributed by atoms with Gasteiger partial charge in [-0.2, -0.15) is 0 Å². The van der Waals surface area contributed by atoms with Crippen molar-refractivity contribution >= 4 is 11.7 Å². The van der Waals surface area contributed by atoms with Gasteiger partial charge in [0.25, 0.3) is 5.91 Å². The Bertz CT molecular complexity index is 963. The normalized spacial score (nSPS) is 14.1. The molecule has 1 amide bonds. The fourth-order valence-corrected chi connectivity index (χ4v) is 2.99. The fraction of sp³-hybridized carbons (Fsp3) is 0.360. The van der Waals surface area contributed by atoms with E-state index in [1.165, 1.54) is 13.0 Å². The van der Waals surface area contributed by atoms with Gasteiger partial charge >= 0.3 is 0 Å². The van der Waals surface area contributed by atoms with Crippen LogP contribution in [0.25, 0.3) is 0 Å². The van der Waals surface area contributed by atoms with Crippen LogP contribution in [0.15, 0.2) is 42.5 Å². The maximum atomic E-state index is 14.3. The summed E-state index contributed by atoms with van der Waals surface area (Å²) in [5.41, 5.74) is 2.66. The molecule has 1 aliphatic carbocycles. The number of benzene rings is 2. The number of amides is 1. The van der Waals surface area contributed by atoms with Gasteiger partial charge in [0.15, 0.2) is 5.78 Å². The Morgan fingerprint density at radius 2 is 1.83 bits per heavy atom. The van der Waals surface area contributed by atoms with Crippen LogP contribution in [0.2, 0.25) is 0 Å². The zero-order valence-corrected chi connectivity index (χ0v) is 17.1. The number of carbonyl (C=O) groups excluding carboxylic acids is 2. The van der Waals surface area contributed by atoms with Crippen LogP contribution in [0.1, 0.15) is 66.6 Å². The van der Waals surface area contributed by atoms with E-state index in [1.807, 2.05) is 12.1 Å². The van der Waals surface area contributed by atoms with Gasteiger partial charge in [-0.05, 0) is 67.5 Å². The van der Waals surface area contributed by atoms with Crippen LogP contribution in [0, 0.1) is 23.6 Å². The third-order valence-electron chi connectivity index (χ3n) is 5.10. The zero-order valence-electron chi connectivity index (χ0n) is 17.1. The third kappa shape index (κ3) is 5.77. The van der Waals surface area contributed by atoms with Crippen molar-refractivity contribution in [3.8, 4) is 11.8 Å². The lowest BCUT2D eigenvalue weighted by atomic mass is 9.99. The molecule has 1 N–H and O–H groups in total. The lowest BCUT2D eigenvalue weighted by Crippen LogP contribution is -2.41. The number of halogens is 1. The van der Waals surface area contributed by atoms with E-state index in [-0.39, 0.29) is 18.1 Å². The van der Waals surface area contributed by atoms with Crippen molar-refractivity contribution in [2.24, 2.45) is 5.92 Å². The first-order valence-corrected chi connectivity index (χ1v) is 10.0. The second-order valence-corrected chi connectivity index (χ2v) is 7.98. The van der Waals surface area contributed by atoms with Crippen LogP contribution in [-0.4, -0.2) is 17.7 Å². The molecule has 3 rings (SSSR count). The topological polar surface area (TPSA) is 46.2 Å². The minimum atomic E-state index is -0.713. The third-order valence-corrected chi connectivity index (χ3v) is 5.10. The van der Waals surface area contributed by atoms with E-state index in [2.05, 4.69) is 31.0 Å². The second-order valence-electron chi connectivity index (χ2n) is 7.98. The van der Waals surface area contributed by atoms with Gasteiger partial charge in [-0.3, -0.25) is 9.59 Å². The summed E-state index contributed by atoms with van der Waals surface area (Å²) in [6.07, 6.45) is 2.41. The predicted molar refractivity (Wildman–Crippen MR) is 112 cm³/mol. The summed E-state index contributed by atoms with van der Waals surface area (Å²) >= 11 is 0. The summed E-state index contributed by atoms with van der Waals surface area (Å²) in [5, 5.41) is 2.77. The highest BCUT2D eigenvalue weighted by Gasteiger charge is 2.20. The van der Waals surface area contributed by atoms with Gasteiger partial charge in [0, 0.05) is 11.5 Å². The molecular weight excluding hydrogens is 365 g/mol. The fourth-order valence-electron chi connectivity index (χ4n) is 2.99. The molecular formula is C25H26FNO2. The van der Waals surface area contributed by atoms with Crippen molar-refractivity contribution in [1.29, 1.82) is 0 Å². The molecule has 0 bridgehead atoms. The summed E-state index contributed by atoms with van der Waals surface area (Å²) in [5.74, 6) is 5.83. The van der Waals surface area contributed by atoms with Crippen LogP contribution in [-0.2, 0) is 11.2 Å². The molecule has 29 heavy (non-hydrogen) atoms. The van der Waals surface area contributed by atoms with Crippen LogP contribution >= 0.6 is 0 Å². The van der Waals surface area contributed by atoms with Crippen LogP contribution in [0.4, 0.5) is 4.39 Å². The highest BCUT2D eigenvalue weighted by Crippen LogP contribution is 2.27. The minimum absolute atomic E-state index is 0.171. The Hall–Kier alpha value is -2.93. The molecule has 4 heteroatoms. The van der Waals surface area contributed by atoms with Crippen molar-refractivity contribution in [2.75, 3.05) is 0 Å². The average Bonchev–Trinajstić information content (AvgIpc) is 3.51. The number of carbonyl (C=O) groups is 2. The van der Waals surface area contributed by atoms with Crippen molar-refractivity contribution in [2.45, 2.75) is 52.0 Å². The molecule has 1 saturated carbocycles. The van der Waals surface area contributed by atoms with Gasteiger partial charge in [-0.25, -0.2) is 4.39 Å². The Balaban J connectivity index is 1.68. The molecule has 0 aromatic heterocycles. The minimum Gasteiger partial charge on any atom is -0.342 e. The van der Waals surface area contributed by atoms with Gasteiger partial charge in [0.2, 0.25) is 0 Å². The Morgan fingerprint density at radius 1 is 1.14 bits per heavy atom. The summed E-state index contributed by atoms with van der Waals surface area (Å²) < 4.78 is 14.3. The molecule has 1 fully saturated rings. The Kier molecular flexibility index (Phi) is 6.49. The van der Waals surface area contributed by atoms with Crippen LogP contribution < -0.4 is 5.32 Å². The number of rotatable bonds is 6. The van der Waals surface area contributed by atoms with E-state index in [4.69, 9.17) is 0 Å². The first-order valence-electron chi connectivity index (χ1n) is 10.0. The van der Waals surface area contributed by atoms with E-state index in [1.54, 1.807) is 24.3 Å². The highest BCUT2D eigenvalue weighted by molar-refractivity contribution is 5.97. The number of hydrogen-bond donors (Lipinski definition) is 1. The Labute approximate surface area is 171 Å². The zero-order chi connectivity index (χ0) is 21.0. The van der Waals surface area contributed by atoms with E-state index < -0.39 is 11.9 Å². The molecule has 0 spiro atoms. The lowest BCUT2D eigenvalue weighted by Gasteiger charge is -2.17. The molecule has 0 saturated heterocycles. The van der Waals surface area contributed by atoms with E-state index in [9.17, 15) is 14.0 Å². The van der Waals surface area contributed by atoms with Crippen molar-refractivity contribution < 1.29 is 14.0 Å². The lowest BCUT2D eigenvalue weighted by molar-refractivity contribution is -0.118. The molecule has 1 atom stereocenters. The van der Waals surface area contributed by atoms with Crippen molar-refractivity contribution in [3.63, 3.8) is 0 Å². The monoisotopic (exact) mass is 391 g/mol. The van der Waals surface area contributed by atoms with Gasteiger partial charge < -0.3 is 5.32 Å². The number of nitrogens with one attached hydrogen (secondary N) is 1.